The average Bonchev–Trinajstić information content (AvgIpc) is 2.54. The Morgan fingerprint density at radius 3 is 2.38 bits per heavy atom. The Balaban J connectivity index is 0.000000845. The molecular formula is C11H13BP. The van der Waals surface area contributed by atoms with Gasteiger partial charge in [0.25, 0.3) is 0 Å². The molecular weight excluding hydrogens is 174 g/mol. The largest absolute Gasteiger partial charge is 0.0806 e. The molecule has 1 aromatic carbocycles. The summed E-state index contributed by atoms with van der Waals surface area (Å²) in [7, 11) is 0.128. The van der Waals surface area contributed by atoms with E-state index in [-0.39, 0.29) is 16.3 Å². The van der Waals surface area contributed by atoms with Crippen molar-refractivity contribution in [1.82, 2.24) is 0 Å². The van der Waals surface area contributed by atoms with Crippen LogP contribution in [0.25, 0.3) is 0 Å². The highest BCUT2D eigenvalue weighted by Crippen LogP contribution is 2.41. The second-order valence-corrected chi connectivity index (χ2v) is 5.54. The summed E-state index contributed by atoms with van der Waals surface area (Å²) >= 11 is 0. The maximum atomic E-state index is 2.39. The second-order valence-electron chi connectivity index (χ2n) is 3.27. The van der Waals surface area contributed by atoms with E-state index in [1.807, 2.05) is 0 Å². The van der Waals surface area contributed by atoms with Gasteiger partial charge in [-0.3, -0.25) is 0 Å². The lowest BCUT2D eigenvalue weighted by molar-refractivity contribution is 1.42. The first kappa shape index (κ1) is 10.5. The summed E-state index contributed by atoms with van der Waals surface area (Å²) in [5, 5.41) is 1.56. The monoisotopic (exact) mass is 187 g/mol. The van der Waals surface area contributed by atoms with Gasteiger partial charge in [-0.2, -0.15) is 0 Å². The molecule has 0 aromatic heterocycles. The van der Waals surface area contributed by atoms with Crippen molar-refractivity contribution in [1.29, 1.82) is 0 Å². The summed E-state index contributed by atoms with van der Waals surface area (Å²) in [5.41, 5.74) is 1.57. The van der Waals surface area contributed by atoms with E-state index in [0.29, 0.717) is 0 Å². The van der Waals surface area contributed by atoms with E-state index in [1.165, 1.54) is 12.3 Å². The fourth-order valence-corrected chi connectivity index (χ4v) is 3.91. The van der Waals surface area contributed by atoms with Crippen LogP contribution in [0.2, 0.25) is 0 Å². The van der Waals surface area contributed by atoms with Crippen molar-refractivity contribution in [2.75, 3.05) is 12.3 Å². The van der Waals surface area contributed by atoms with Crippen LogP contribution in [0, 0.1) is 0 Å². The van der Waals surface area contributed by atoms with Crippen LogP contribution in [0.5, 0.6) is 0 Å². The maximum absolute atomic E-state index is 2.39. The molecule has 1 heterocycles. The fourth-order valence-electron chi connectivity index (χ4n) is 1.53. The normalized spacial score (nSPS) is 20.7. The third kappa shape index (κ3) is 2.45. The molecule has 65 valence electrons. The first-order chi connectivity index (χ1) is 5.86. The van der Waals surface area contributed by atoms with Crippen molar-refractivity contribution < 1.29 is 0 Å². The van der Waals surface area contributed by atoms with E-state index in [0.717, 1.165) is 0 Å². The van der Waals surface area contributed by atoms with Crippen molar-refractivity contribution in [2.45, 2.75) is 6.92 Å². The molecule has 0 saturated carbocycles. The fraction of sp³-hybridized carbons (Fsp3) is 0.273. The predicted octanol–water partition coefficient (Wildman–Crippen LogP) is 2.37. The molecule has 0 bridgehead atoms. The van der Waals surface area contributed by atoms with Crippen LogP contribution in [-0.2, 0) is 0 Å². The van der Waals surface area contributed by atoms with Gasteiger partial charge in [0.05, 0.1) is 0 Å². The zero-order valence-electron chi connectivity index (χ0n) is 7.90. The quantitative estimate of drug-likeness (QED) is 0.359. The molecule has 1 atom stereocenters. The Kier molecular flexibility index (Phi) is 3.75. The third-order valence-corrected chi connectivity index (χ3v) is 4.75. The van der Waals surface area contributed by atoms with Gasteiger partial charge in [0.2, 0.25) is 0 Å². The first-order valence-corrected chi connectivity index (χ1v) is 6.03. The molecule has 0 fully saturated rings. The molecule has 1 unspecified atom stereocenters. The van der Waals surface area contributed by atoms with Gasteiger partial charge in [-0.05, 0) is 24.6 Å². The third-order valence-electron chi connectivity index (χ3n) is 2.22. The Labute approximate surface area is 83.4 Å². The van der Waals surface area contributed by atoms with Gasteiger partial charge in [0.15, 0.2) is 0 Å². The van der Waals surface area contributed by atoms with Crippen LogP contribution in [-0.4, -0.2) is 20.7 Å². The summed E-state index contributed by atoms with van der Waals surface area (Å²) in [6, 6.07) is 10.9. The molecule has 0 saturated heterocycles. The molecule has 1 aliphatic heterocycles. The number of hydrogen-bond acceptors (Lipinski definition) is 0. The Morgan fingerprint density at radius 2 is 1.85 bits per heavy atom. The van der Waals surface area contributed by atoms with Gasteiger partial charge < -0.3 is 0 Å². The summed E-state index contributed by atoms with van der Waals surface area (Å²) in [6.07, 6.45) is 5.00. The molecule has 13 heavy (non-hydrogen) atoms. The van der Waals surface area contributed by atoms with E-state index < -0.39 is 0 Å². The SMILES string of the molecule is CC1=CCP(c2ccccc2)C1.[B]. The van der Waals surface area contributed by atoms with E-state index in [9.17, 15) is 0 Å². The summed E-state index contributed by atoms with van der Waals surface area (Å²) < 4.78 is 0. The minimum atomic E-state index is 0. The minimum Gasteiger partial charge on any atom is -0.0806 e. The smallest absolute Gasteiger partial charge is 0 e. The van der Waals surface area contributed by atoms with Crippen LogP contribution >= 0.6 is 7.92 Å². The van der Waals surface area contributed by atoms with Gasteiger partial charge in [-0.15, -0.1) is 0 Å². The Morgan fingerprint density at radius 1 is 1.15 bits per heavy atom. The predicted molar refractivity (Wildman–Crippen MR) is 62.2 cm³/mol. The van der Waals surface area contributed by atoms with Gasteiger partial charge in [-0.25, -0.2) is 0 Å². The molecule has 1 aliphatic rings. The maximum Gasteiger partial charge on any atom is 0 e. The average molecular weight is 187 g/mol. The highest BCUT2D eigenvalue weighted by molar-refractivity contribution is 7.66. The molecule has 0 spiro atoms. The molecule has 0 nitrogen and oxygen atoms in total. The molecule has 0 N–H and O–H groups in total. The molecule has 0 amide bonds. The number of rotatable bonds is 1. The molecule has 1 aromatic rings. The van der Waals surface area contributed by atoms with Crippen molar-refractivity contribution in [3.8, 4) is 0 Å². The molecule has 3 radical (unpaired) electrons. The molecule has 2 heteroatoms. The zero-order valence-corrected chi connectivity index (χ0v) is 8.80. The lowest BCUT2D eigenvalue weighted by Crippen LogP contribution is -2.00. The van der Waals surface area contributed by atoms with Crippen molar-refractivity contribution in [2.24, 2.45) is 0 Å². The standard InChI is InChI=1S/C11H13P.B/c1-10-7-8-12(9-10)11-5-3-2-4-6-11;/h2-7H,8-9H2,1H3;. The molecule has 0 aliphatic carbocycles. The van der Waals surface area contributed by atoms with E-state index in [2.05, 4.69) is 43.3 Å². The Bertz CT molecular complexity index is 292. The van der Waals surface area contributed by atoms with Crippen LogP contribution in [0.4, 0.5) is 0 Å². The summed E-state index contributed by atoms with van der Waals surface area (Å²) in [6.45, 7) is 2.24. The van der Waals surface area contributed by atoms with Gasteiger partial charge in [-0.1, -0.05) is 49.9 Å². The van der Waals surface area contributed by atoms with Crippen LogP contribution in [0.15, 0.2) is 42.0 Å². The first-order valence-electron chi connectivity index (χ1n) is 4.32. The minimum absolute atomic E-state index is 0. The van der Waals surface area contributed by atoms with Crippen molar-refractivity contribution in [3.63, 3.8) is 0 Å². The lowest BCUT2D eigenvalue weighted by atomic mass is 10.3. The number of benzene rings is 1. The van der Waals surface area contributed by atoms with Gasteiger partial charge in [0, 0.05) is 8.41 Å². The number of allylic oxidation sites excluding steroid dienone is 2. The Hall–Kier alpha value is -0.545. The highest BCUT2D eigenvalue weighted by Gasteiger charge is 2.14. The van der Waals surface area contributed by atoms with Crippen molar-refractivity contribution >= 4 is 21.6 Å². The van der Waals surface area contributed by atoms with E-state index in [4.69, 9.17) is 0 Å². The van der Waals surface area contributed by atoms with E-state index >= 15 is 0 Å². The second kappa shape index (κ2) is 4.62. The molecule has 2 rings (SSSR count). The summed E-state index contributed by atoms with van der Waals surface area (Å²) in [5.74, 6) is 0. The van der Waals surface area contributed by atoms with Gasteiger partial charge >= 0.3 is 0 Å². The number of hydrogen-bond donors (Lipinski definition) is 0. The van der Waals surface area contributed by atoms with Crippen LogP contribution in [0.1, 0.15) is 6.92 Å². The highest BCUT2D eigenvalue weighted by atomic mass is 31.1. The topological polar surface area (TPSA) is 0 Å². The van der Waals surface area contributed by atoms with Crippen molar-refractivity contribution in [3.05, 3.63) is 42.0 Å². The van der Waals surface area contributed by atoms with Crippen LogP contribution in [0.3, 0.4) is 0 Å². The zero-order chi connectivity index (χ0) is 8.39. The van der Waals surface area contributed by atoms with Gasteiger partial charge in [0.1, 0.15) is 0 Å². The van der Waals surface area contributed by atoms with Crippen LogP contribution < -0.4 is 5.30 Å². The summed E-state index contributed by atoms with van der Waals surface area (Å²) in [4.78, 5) is 0. The lowest BCUT2D eigenvalue weighted by Gasteiger charge is -2.09. The van der Waals surface area contributed by atoms with E-state index in [1.54, 1.807) is 10.9 Å².